The minimum atomic E-state index is -0.557. The Kier molecular flexibility index (Phi) is 3.56. The van der Waals surface area contributed by atoms with Crippen molar-refractivity contribution in [2.24, 2.45) is 0 Å². The van der Waals surface area contributed by atoms with Crippen molar-refractivity contribution in [1.82, 2.24) is 0 Å². The van der Waals surface area contributed by atoms with Crippen molar-refractivity contribution in [3.8, 4) is 0 Å². The van der Waals surface area contributed by atoms with Crippen molar-refractivity contribution in [2.75, 3.05) is 5.88 Å². The highest BCUT2D eigenvalue weighted by Gasteiger charge is 2.06. The summed E-state index contributed by atoms with van der Waals surface area (Å²) in [5, 5.41) is 9.40. The number of alkyl halides is 1. The minimum Gasteiger partial charge on any atom is -0.387 e. The maximum Gasteiger partial charge on any atom is 0.0925 e. The molecule has 0 aliphatic rings. The Labute approximate surface area is 85.5 Å². The third-order valence-corrected chi connectivity index (χ3v) is 2.89. The zero-order chi connectivity index (χ0) is 9.14. The lowest BCUT2D eigenvalue weighted by atomic mass is 10.1. The third-order valence-electron chi connectivity index (χ3n) is 1.71. The van der Waals surface area contributed by atoms with Crippen molar-refractivity contribution in [3.63, 3.8) is 0 Å². The van der Waals surface area contributed by atoms with Crippen molar-refractivity contribution >= 4 is 27.5 Å². The van der Waals surface area contributed by atoms with Crippen LogP contribution in [0.3, 0.4) is 0 Å². The van der Waals surface area contributed by atoms with Crippen LogP contribution in [0.15, 0.2) is 22.7 Å². The highest BCUT2D eigenvalue weighted by molar-refractivity contribution is 9.10. The number of aliphatic hydroxyl groups excluding tert-OH is 1. The lowest BCUT2D eigenvalue weighted by Gasteiger charge is -2.08. The lowest BCUT2D eigenvalue weighted by Crippen LogP contribution is -1.98. The van der Waals surface area contributed by atoms with E-state index >= 15 is 0 Å². The summed E-state index contributed by atoms with van der Waals surface area (Å²) in [4.78, 5) is 0. The number of hydrogen-bond donors (Lipinski definition) is 1. The van der Waals surface area contributed by atoms with Gasteiger partial charge in [0, 0.05) is 4.47 Å². The van der Waals surface area contributed by atoms with E-state index in [9.17, 15) is 5.11 Å². The van der Waals surface area contributed by atoms with E-state index in [1.807, 2.05) is 25.1 Å². The van der Waals surface area contributed by atoms with Crippen LogP contribution in [0, 0.1) is 6.92 Å². The first-order chi connectivity index (χ1) is 5.65. The van der Waals surface area contributed by atoms with Crippen molar-refractivity contribution < 1.29 is 5.11 Å². The van der Waals surface area contributed by atoms with Gasteiger partial charge >= 0.3 is 0 Å². The van der Waals surface area contributed by atoms with Crippen LogP contribution in [-0.2, 0) is 0 Å². The lowest BCUT2D eigenvalue weighted by molar-refractivity contribution is 0.202. The van der Waals surface area contributed by atoms with E-state index in [1.54, 1.807) is 0 Å². The van der Waals surface area contributed by atoms with E-state index in [1.165, 1.54) is 0 Å². The zero-order valence-corrected chi connectivity index (χ0v) is 9.06. The molecule has 1 aromatic carbocycles. The van der Waals surface area contributed by atoms with E-state index in [0.29, 0.717) is 0 Å². The van der Waals surface area contributed by atoms with Crippen molar-refractivity contribution in [1.29, 1.82) is 0 Å². The molecule has 1 unspecified atom stereocenters. The molecule has 0 saturated heterocycles. The highest BCUT2D eigenvalue weighted by Crippen LogP contribution is 2.21. The maximum absolute atomic E-state index is 9.40. The van der Waals surface area contributed by atoms with Gasteiger partial charge in [-0.2, -0.15) is 0 Å². The molecule has 1 atom stereocenters. The first-order valence-corrected chi connectivity index (χ1v) is 4.98. The smallest absolute Gasteiger partial charge is 0.0925 e. The van der Waals surface area contributed by atoms with Gasteiger partial charge in [0.25, 0.3) is 0 Å². The Morgan fingerprint density at radius 1 is 1.58 bits per heavy atom. The second-order valence-electron chi connectivity index (χ2n) is 2.68. The van der Waals surface area contributed by atoms with Crippen molar-refractivity contribution in [3.05, 3.63) is 33.8 Å². The molecule has 3 heteroatoms. The fourth-order valence-corrected chi connectivity index (χ4v) is 1.39. The average molecular weight is 250 g/mol. The van der Waals surface area contributed by atoms with Gasteiger partial charge in [-0.25, -0.2) is 0 Å². The maximum atomic E-state index is 9.40. The number of halogens is 2. The second kappa shape index (κ2) is 4.26. The van der Waals surface area contributed by atoms with Crippen LogP contribution in [-0.4, -0.2) is 11.0 Å². The monoisotopic (exact) mass is 248 g/mol. The number of rotatable bonds is 2. The summed E-state index contributed by atoms with van der Waals surface area (Å²) in [7, 11) is 0. The zero-order valence-electron chi connectivity index (χ0n) is 6.72. The van der Waals surface area contributed by atoms with Gasteiger partial charge < -0.3 is 5.11 Å². The van der Waals surface area contributed by atoms with Gasteiger partial charge in [-0.05, 0) is 24.1 Å². The van der Waals surface area contributed by atoms with E-state index in [0.717, 1.165) is 15.6 Å². The Morgan fingerprint density at radius 2 is 2.25 bits per heavy atom. The normalized spacial score (nSPS) is 13.0. The fraction of sp³-hybridized carbons (Fsp3) is 0.333. The van der Waals surface area contributed by atoms with Crippen LogP contribution in [0.5, 0.6) is 0 Å². The molecule has 12 heavy (non-hydrogen) atoms. The molecule has 1 nitrogen and oxygen atoms in total. The summed E-state index contributed by atoms with van der Waals surface area (Å²) in [6.07, 6.45) is -0.557. The first kappa shape index (κ1) is 10.0. The first-order valence-electron chi connectivity index (χ1n) is 3.65. The molecular formula is C9H10BrClO. The molecule has 0 radical (unpaired) electrons. The molecule has 0 bridgehead atoms. The van der Waals surface area contributed by atoms with Crippen LogP contribution < -0.4 is 0 Å². The van der Waals surface area contributed by atoms with E-state index in [2.05, 4.69) is 15.9 Å². The molecule has 0 heterocycles. The molecule has 0 amide bonds. The molecule has 1 aromatic rings. The number of benzene rings is 1. The molecule has 0 spiro atoms. The van der Waals surface area contributed by atoms with Gasteiger partial charge in [0.05, 0.1) is 12.0 Å². The van der Waals surface area contributed by atoms with E-state index in [-0.39, 0.29) is 5.88 Å². The molecular weight excluding hydrogens is 239 g/mol. The largest absolute Gasteiger partial charge is 0.387 e. The topological polar surface area (TPSA) is 20.2 Å². The van der Waals surface area contributed by atoms with Crippen LogP contribution in [0.2, 0.25) is 0 Å². The van der Waals surface area contributed by atoms with Crippen molar-refractivity contribution in [2.45, 2.75) is 13.0 Å². The summed E-state index contributed by atoms with van der Waals surface area (Å²) >= 11 is 8.90. The van der Waals surface area contributed by atoms with Crippen LogP contribution in [0.1, 0.15) is 17.2 Å². The molecule has 66 valence electrons. The summed E-state index contributed by atoms with van der Waals surface area (Å²) in [5.41, 5.74) is 1.97. The Bertz CT molecular complexity index is 275. The van der Waals surface area contributed by atoms with Gasteiger partial charge in [0.1, 0.15) is 0 Å². The number of aryl methyl sites for hydroxylation is 1. The van der Waals surface area contributed by atoms with E-state index < -0.39 is 6.10 Å². The average Bonchev–Trinajstić information content (AvgIpc) is 2.08. The number of hydrogen-bond acceptors (Lipinski definition) is 1. The summed E-state index contributed by atoms with van der Waals surface area (Å²) < 4.78 is 1.05. The quantitative estimate of drug-likeness (QED) is 0.799. The molecule has 0 aliphatic heterocycles. The summed E-state index contributed by atoms with van der Waals surface area (Å²) in [5.74, 6) is 0.237. The predicted octanol–water partition coefficient (Wildman–Crippen LogP) is 3.03. The van der Waals surface area contributed by atoms with Crippen LogP contribution in [0.4, 0.5) is 0 Å². The summed E-state index contributed by atoms with van der Waals surface area (Å²) in [6, 6.07) is 5.71. The molecule has 0 fully saturated rings. The SMILES string of the molecule is Cc1cc(C(O)CCl)ccc1Br. The highest BCUT2D eigenvalue weighted by atomic mass is 79.9. The van der Waals surface area contributed by atoms with Gasteiger partial charge in [-0.15, -0.1) is 11.6 Å². The molecule has 1 rings (SSSR count). The number of aliphatic hydroxyl groups is 1. The van der Waals surface area contributed by atoms with Crippen LogP contribution >= 0.6 is 27.5 Å². The van der Waals surface area contributed by atoms with Gasteiger partial charge in [0.2, 0.25) is 0 Å². The Balaban J connectivity index is 2.96. The summed E-state index contributed by atoms with van der Waals surface area (Å²) in [6.45, 7) is 1.98. The minimum absolute atomic E-state index is 0.237. The van der Waals surface area contributed by atoms with Gasteiger partial charge in [-0.1, -0.05) is 28.1 Å². The molecule has 0 aromatic heterocycles. The Hall–Kier alpha value is -0.0500. The standard InChI is InChI=1S/C9H10BrClO/c1-6-4-7(9(12)5-11)2-3-8(6)10/h2-4,9,12H,5H2,1H3. The van der Waals surface area contributed by atoms with Gasteiger partial charge in [-0.3, -0.25) is 0 Å². The Morgan fingerprint density at radius 3 is 2.75 bits per heavy atom. The molecule has 1 N–H and O–H groups in total. The van der Waals surface area contributed by atoms with Crippen LogP contribution in [0.25, 0.3) is 0 Å². The predicted molar refractivity (Wildman–Crippen MR) is 54.6 cm³/mol. The molecule has 0 saturated carbocycles. The van der Waals surface area contributed by atoms with Gasteiger partial charge in [0.15, 0.2) is 0 Å². The second-order valence-corrected chi connectivity index (χ2v) is 3.84. The van der Waals surface area contributed by atoms with E-state index in [4.69, 9.17) is 11.6 Å². The third kappa shape index (κ3) is 2.22. The fourth-order valence-electron chi connectivity index (χ4n) is 0.964. The molecule has 0 aliphatic carbocycles.